The summed E-state index contributed by atoms with van der Waals surface area (Å²) >= 11 is 0. The minimum absolute atomic E-state index is 0.281. The summed E-state index contributed by atoms with van der Waals surface area (Å²) in [5.74, 6) is 0.745. The highest BCUT2D eigenvalue weighted by Crippen LogP contribution is 2.45. The Hall–Kier alpha value is -2.53. The normalized spacial score (nSPS) is 20.7. The number of ether oxygens (including phenoxy) is 2. The Kier molecular flexibility index (Phi) is 5.03. The monoisotopic (exact) mass is 395 g/mol. The molecule has 5 heteroatoms. The Morgan fingerprint density at radius 1 is 1.10 bits per heavy atom. The van der Waals surface area contributed by atoms with Crippen molar-refractivity contribution in [3.8, 4) is 16.9 Å². The minimum atomic E-state index is -0.574. The van der Waals surface area contributed by atoms with Crippen LogP contribution in [0.15, 0.2) is 48.5 Å². The van der Waals surface area contributed by atoms with E-state index in [0.717, 1.165) is 22.4 Å². The Bertz CT molecular complexity index is 879. The zero-order valence-electron chi connectivity index (χ0n) is 17.4. The number of hydrogen-bond acceptors (Lipinski definition) is 4. The molecule has 0 saturated carbocycles. The zero-order chi connectivity index (χ0) is 20.6. The van der Waals surface area contributed by atoms with E-state index in [-0.39, 0.29) is 6.09 Å². The van der Waals surface area contributed by atoms with E-state index in [1.807, 2.05) is 57.2 Å². The van der Waals surface area contributed by atoms with E-state index in [1.165, 1.54) is 0 Å². The summed E-state index contributed by atoms with van der Waals surface area (Å²) in [7, 11) is 0. The van der Waals surface area contributed by atoms with Crippen LogP contribution in [0, 0.1) is 0 Å². The molecule has 2 aliphatic heterocycles. The van der Waals surface area contributed by atoms with Crippen molar-refractivity contribution in [2.75, 3.05) is 13.1 Å². The van der Waals surface area contributed by atoms with E-state index in [2.05, 4.69) is 12.1 Å². The van der Waals surface area contributed by atoms with E-state index in [0.29, 0.717) is 32.4 Å². The molecule has 4 rings (SSSR count). The number of piperidine rings is 1. The first-order chi connectivity index (χ1) is 13.7. The fourth-order valence-corrected chi connectivity index (χ4v) is 4.18. The number of carbonyl (C=O) groups excluding carboxylic acids is 1. The fourth-order valence-electron chi connectivity index (χ4n) is 4.18. The number of aliphatic hydroxyl groups excluding tert-OH is 1. The van der Waals surface area contributed by atoms with E-state index in [9.17, 15) is 9.90 Å². The SMILES string of the molecule is CC(C)(C)OC(=O)N1CCC2(CC1)C[C@H](O)c1cc(-c3ccccc3)ccc1O2. The van der Waals surface area contributed by atoms with Crippen LogP contribution in [0.1, 0.15) is 51.7 Å². The van der Waals surface area contributed by atoms with Gasteiger partial charge in [0.15, 0.2) is 0 Å². The number of likely N-dealkylation sites (tertiary alicyclic amines) is 1. The largest absolute Gasteiger partial charge is 0.487 e. The Balaban J connectivity index is 1.48. The number of nitrogens with zero attached hydrogens (tertiary/aromatic N) is 1. The van der Waals surface area contributed by atoms with Gasteiger partial charge in [-0.05, 0) is 44.0 Å². The summed E-state index contributed by atoms with van der Waals surface area (Å²) in [5, 5.41) is 10.9. The molecule has 0 aromatic heterocycles. The number of amides is 1. The first-order valence-electron chi connectivity index (χ1n) is 10.3. The number of aliphatic hydroxyl groups is 1. The molecule has 5 nitrogen and oxygen atoms in total. The smallest absolute Gasteiger partial charge is 0.410 e. The molecule has 2 aromatic carbocycles. The molecule has 2 heterocycles. The summed E-state index contributed by atoms with van der Waals surface area (Å²) in [6.45, 7) is 6.75. The predicted molar refractivity (Wildman–Crippen MR) is 112 cm³/mol. The summed E-state index contributed by atoms with van der Waals surface area (Å²) in [6, 6.07) is 16.2. The van der Waals surface area contributed by atoms with E-state index < -0.39 is 17.3 Å². The molecule has 0 unspecified atom stereocenters. The molecule has 1 amide bonds. The highest BCUT2D eigenvalue weighted by molar-refractivity contribution is 5.68. The zero-order valence-corrected chi connectivity index (χ0v) is 17.4. The average molecular weight is 395 g/mol. The van der Waals surface area contributed by atoms with Gasteiger partial charge in [0.05, 0.1) is 6.10 Å². The second-order valence-corrected chi connectivity index (χ2v) is 9.09. The van der Waals surface area contributed by atoms with Crippen LogP contribution >= 0.6 is 0 Å². The third-order valence-corrected chi connectivity index (χ3v) is 5.69. The van der Waals surface area contributed by atoms with Crippen LogP contribution in [0.3, 0.4) is 0 Å². The maximum atomic E-state index is 12.3. The lowest BCUT2D eigenvalue weighted by Crippen LogP contribution is -2.52. The standard InChI is InChI=1S/C24H29NO4/c1-23(2,3)29-22(27)25-13-11-24(12-14-25)16-20(26)19-15-18(9-10-21(19)28-24)17-7-5-4-6-8-17/h4-10,15,20,26H,11-14,16H2,1-3H3/t20-/m0/s1. The topological polar surface area (TPSA) is 59.0 Å². The van der Waals surface area contributed by atoms with Gasteiger partial charge >= 0.3 is 6.09 Å². The van der Waals surface area contributed by atoms with Crippen LogP contribution in [-0.4, -0.2) is 40.4 Å². The Morgan fingerprint density at radius 3 is 2.45 bits per heavy atom. The van der Waals surface area contributed by atoms with Crippen molar-refractivity contribution in [2.24, 2.45) is 0 Å². The predicted octanol–water partition coefficient (Wildman–Crippen LogP) is 4.94. The van der Waals surface area contributed by atoms with Crippen molar-refractivity contribution in [1.29, 1.82) is 0 Å². The van der Waals surface area contributed by atoms with Crippen LogP contribution in [0.2, 0.25) is 0 Å². The third kappa shape index (κ3) is 4.25. The highest BCUT2D eigenvalue weighted by Gasteiger charge is 2.44. The van der Waals surface area contributed by atoms with Gasteiger partial charge in [-0.15, -0.1) is 0 Å². The van der Waals surface area contributed by atoms with Crippen LogP contribution in [0.4, 0.5) is 4.79 Å². The average Bonchev–Trinajstić information content (AvgIpc) is 2.67. The first kappa shape index (κ1) is 19.8. The van der Waals surface area contributed by atoms with Gasteiger partial charge in [-0.25, -0.2) is 4.79 Å². The molecule has 1 N–H and O–H groups in total. The lowest BCUT2D eigenvalue weighted by Gasteiger charge is -2.46. The van der Waals surface area contributed by atoms with Crippen molar-refractivity contribution in [2.45, 2.75) is 57.3 Å². The molecule has 2 aliphatic rings. The number of carbonyl (C=O) groups is 1. The van der Waals surface area contributed by atoms with Gasteiger partial charge in [0.2, 0.25) is 0 Å². The molecular weight excluding hydrogens is 366 g/mol. The molecule has 1 spiro atoms. The highest BCUT2D eigenvalue weighted by atomic mass is 16.6. The summed E-state index contributed by atoms with van der Waals surface area (Å²) in [4.78, 5) is 14.1. The van der Waals surface area contributed by atoms with Crippen molar-refractivity contribution in [1.82, 2.24) is 4.90 Å². The van der Waals surface area contributed by atoms with Gasteiger partial charge < -0.3 is 19.5 Å². The van der Waals surface area contributed by atoms with Crippen molar-refractivity contribution < 1.29 is 19.4 Å². The number of fused-ring (bicyclic) bond motifs is 1. The molecule has 1 fully saturated rings. The van der Waals surface area contributed by atoms with Crippen LogP contribution in [0.5, 0.6) is 5.75 Å². The van der Waals surface area contributed by atoms with E-state index >= 15 is 0 Å². The fraction of sp³-hybridized carbons (Fsp3) is 0.458. The number of rotatable bonds is 1. The van der Waals surface area contributed by atoms with Gasteiger partial charge in [-0.1, -0.05) is 36.4 Å². The summed E-state index contributed by atoms with van der Waals surface area (Å²) in [6.07, 6.45) is 1.05. The second kappa shape index (κ2) is 7.38. The molecular formula is C24H29NO4. The Morgan fingerprint density at radius 2 is 1.79 bits per heavy atom. The van der Waals surface area contributed by atoms with Gasteiger partial charge in [0, 0.05) is 37.9 Å². The van der Waals surface area contributed by atoms with Crippen LogP contribution in [0.25, 0.3) is 11.1 Å². The molecule has 1 saturated heterocycles. The molecule has 1 atom stereocenters. The van der Waals surface area contributed by atoms with E-state index in [1.54, 1.807) is 4.90 Å². The molecule has 0 bridgehead atoms. The maximum Gasteiger partial charge on any atom is 0.410 e. The minimum Gasteiger partial charge on any atom is -0.487 e. The number of benzene rings is 2. The second-order valence-electron chi connectivity index (χ2n) is 9.09. The van der Waals surface area contributed by atoms with Crippen molar-refractivity contribution in [3.05, 3.63) is 54.1 Å². The van der Waals surface area contributed by atoms with Crippen molar-refractivity contribution in [3.63, 3.8) is 0 Å². The lowest BCUT2D eigenvalue weighted by atomic mass is 9.81. The lowest BCUT2D eigenvalue weighted by molar-refractivity contribution is -0.0569. The van der Waals surface area contributed by atoms with Crippen LogP contribution < -0.4 is 4.74 Å². The molecule has 29 heavy (non-hydrogen) atoms. The van der Waals surface area contributed by atoms with E-state index in [4.69, 9.17) is 9.47 Å². The summed E-state index contributed by atoms with van der Waals surface area (Å²) in [5.41, 5.74) is 2.10. The summed E-state index contributed by atoms with van der Waals surface area (Å²) < 4.78 is 11.9. The first-order valence-corrected chi connectivity index (χ1v) is 10.3. The molecule has 0 aliphatic carbocycles. The van der Waals surface area contributed by atoms with Gasteiger partial charge in [-0.3, -0.25) is 0 Å². The van der Waals surface area contributed by atoms with Gasteiger partial charge in [0.1, 0.15) is 17.0 Å². The maximum absolute atomic E-state index is 12.3. The van der Waals surface area contributed by atoms with Crippen LogP contribution in [-0.2, 0) is 4.74 Å². The molecule has 2 aromatic rings. The van der Waals surface area contributed by atoms with Crippen molar-refractivity contribution >= 4 is 6.09 Å². The van der Waals surface area contributed by atoms with Gasteiger partial charge in [-0.2, -0.15) is 0 Å². The quantitative estimate of drug-likeness (QED) is 0.743. The third-order valence-electron chi connectivity index (χ3n) is 5.69. The molecule has 0 radical (unpaired) electrons. The van der Waals surface area contributed by atoms with Gasteiger partial charge in [0.25, 0.3) is 0 Å². The number of hydrogen-bond donors (Lipinski definition) is 1. The Labute approximate surface area is 172 Å². The molecule has 154 valence electrons.